The van der Waals surface area contributed by atoms with E-state index in [-0.39, 0.29) is 0 Å². The van der Waals surface area contributed by atoms with E-state index in [1.165, 1.54) is 18.2 Å². The van der Waals surface area contributed by atoms with E-state index in [9.17, 15) is 27.2 Å². The Morgan fingerprint density at radius 3 is 2.46 bits per heavy atom. The van der Waals surface area contributed by atoms with Crippen molar-refractivity contribution in [2.75, 3.05) is 5.32 Å². The standard InChI is InChI=1S/C18H16F4N2O2/c19-13-5-3-4-11(8-13)17(6-1-2-7-17)16(26)24-14-9-12(18(20,21)22)10-23-15(14)25/h3-5,8-10H,1-2,6-7H2,(H,23,25)(H,24,26). The van der Waals surface area contributed by atoms with Crippen molar-refractivity contribution >= 4 is 11.6 Å². The van der Waals surface area contributed by atoms with E-state index >= 15 is 0 Å². The average molecular weight is 368 g/mol. The minimum Gasteiger partial charge on any atom is -0.327 e. The highest BCUT2D eigenvalue weighted by molar-refractivity contribution is 5.99. The third kappa shape index (κ3) is 3.36. The first kappa shape index (κ1) is 18.2. The van der Waals surface area contributed by atoms with Gasteiger partial charge >= 0.3 is 6.18 Å². The van der Waals surface area contributed by atoms with Crippen LogP contribution in [0.5, 0.6) is 0 Å². The number of pyridine rings is 1. The third-order valence-corrected chi connectivity index (χ3v) is 4.75. The number of amides is 1. The van der Waals surface area contributed by atoms with Gasteiger partial charge in [-0.05, 0) is 36.6 Å². The first-order chi connectivity index (χ1) is 12.2. The Balaban J connectivity index is 1.97. The second kappa shape index (κ2) is 6.59. The molecule has 0 saturated heterocycles. The monoisotopic (exact) mass is 368 g/mol. The number of aromatic amines is 1. The van der Waals surface area contributed by atoms with Crippen LogP contribution in [0, 0.1) is 5.82 Å². The molecule has 0 spiro atoms. The number of nitrogens with one attached hydrogen (secondary N) is 2. The van der Waals surface area contributed by atoms with Crippen molar-refractivity contribution in [2.24, 2.45) is 0 Å². The number of hydrogen-bond donors (Lipinski definition) is 2. The lowest BCUT2D eigenvalue weighted by molar-refractivity contribution is -0.137. The number of aromatic nitrogens is 1. The van der Waals surface area contributed by atoms with Crippen molar-refractivity contribution < 1.29 is 22.4 Å². The SMILES string of the molecule is O=C(Nc1cc(C(F)(F)F)c[nH]c1=O)C1(c2cccc(F)c2)CCCC1. The van der Waals surface area contributed by atoms with Crippen LogP contribution in [0.1, 0.15) is 36.8 Å². The molecule has 4 nitrogen and oxygen atoms in total. The molecule has 8 heteroatoms. The number of benzene rings is 1. The number of rotatable bonds is 3. The van der Waals surface area contributed by atoms with E-state index in [4.69, 9.17) is 0 Å². The molecular formula is C18H16F4N2O2. The number of anilines is 1. The second-order valence-corrected chi connectivity index (χ2v) is 6.38. The summed E-state index contributed by atoms with van der Waals surface area (Å²) in [6.45, 7) is 0. The quantitative estimate of drug-likeness (QED) is 0.805. The fourth-order valence-electron chi connectivity index (χ4n) is 3.39. The Labute approximate surface area is 146 Å². The van der Waals surface area contributed by atoms with Gasteiger partial charge in [-0.1, -0.05) is 25.0 Å². The van der Waals surface area contributed by atoms with Crippen LogP contribution in [0.3, 0.4) is 0 Å². The van der Waals surface area contributed by atoms with Crippen LogP contribution < -0.4 is 10.9 Å². The molecule has 2 N–H and O–H groups in total. The predicted octanol–water partition coefficient (Wildman–Crippen LogP) is 3.98. The molecule has 1 heterocycles. The number of H-pyrrole nitrogens is 1. The highest BCUT2D eigenvalue weighted by atomic mass is 19.4. The molecule has 0 atom stereocenters. The molecule has 2 aromatic rings. The Morgan fingerprint density at radius 1 is 1.15 bits per heavy atom. The zero-order valence-corrected chi connectivity index (χ0v) is 13.6. The molecule has 1 aromatic carbocycles. The molecule has 1 aromatic heterocycles. The topological polar surface area (TPSA) is 62.0 Å². The molecule has 1 amide bonds. The van der Waals surface area contributed by atoms with Gasteiger partial charge in [0, 0.05) is 6.20 Å². The summed E-state index contributed by atoms with van der Waals surface area (Å²) in [5.41, 5.74) is -3.00. The molecule has 1 saturated carbocycles. The van der Waals surface area contributed by atoms with Crippen LogP contribution in [0.2, 0.25) is 0 Å². The lowest BCUT2D eigenvalue weighted by Gasteiger charge is -2.28. The summed E-state index contributed by atoms with van der Waals surface area (Å²) in [6, 6.07) is 6.20. The molecule has 138 valence electrons. The first-order valence-corrected chi connectivity index (χ1v) is 8.10. The van der Waals surface area contributed by atoms with Crippen molar-refractivity contribution in [1.82, 2.24) is 4.98 Å². The summed E-state index contributed by atoms with van der Waals surface area (Å²) in [6.07, 6.45) is -1.79. The van der Waals surface area contributed by atoms with Gasteiger partial charge in [-0.3, -0.25) is 9.59 Å². The molecule has 1 aliphatic rings. The van der Waals surface area contributed by atoms with Crippen molar-refractivity contribution in [3.8, 4) is 0 Å². The molecule has 0 unspecified atom stereocenters. The summed E-state index contributed by atoms with van der Waals surface area (Å²) < 4.78 is 52.2. The van der Waals surface area contributed by atoms with Gasteiger partial charge in [-0.15, -0.1) is 0 Å². The van der Waals surface area contributed by atoms with Gasteiger partial charge in [0.2, 0.25) is 5.91 Å². The summed E-state index contributed by atoms with van der Waals surface area (Å²) in [5.74, 6) is -1.11. The van der Waals surface area contributed by atoms with E-state index < -0.39 is 40.1 Å². The number of halogens is 4. The smallest absolute Gasteiger partial charge is 0.327 e. The maximum Gasteiger partial charge on any atom is 0.417 e. The summed E-state index contributed by atoms with van der Waals surface area (Å²) >= 11 is 0. The zero-order valence-electron chi connectivity index (χ0n) is 13.6. The third-order valence-electron chi connectivity index (χ3n) is 4.75. The Morgan fingerprint density at radius 2 is 1.85 bits per heavy atom. The number of alkyl halides is 3. The van der Waals surface area contributed by atoms with Gasteiger partial charge in [0.25, 0.3) is 5.56 Å². The summed E-state index contributed by atoms with van der Waals surface area (Å²) in [7, 11) is 0. The number of carbonyl (C=O) groups excluding carboxylic acids is 1. The van der Waals surface area contributed by atoms with Crippen molar-refractivity contribution in [3.05, 3.63) is 63.8 Å². The Bertz CT molecular complexity index is 883. The maximum absolute atomic E-state index is 13.6. The predicted molar refractivity (Wildman–Crippen MR) is 87.2 cm³/mol. The normalized spacial score (nSPS) is 16.5. The maximum atomic E-state index is 13.6. The minimum absolute atomic E-state index is 0.430. The van der Waals surface area contributed by atoms with Gasteiger partial charge in [0.15, 0.2) is 0 Å². The number of carbonyl (C=O) groups is 1. The van der Waals surface area contributed by atoms with Crippen molar-refractivity contribution in [3.63, 3.8) is 0 Å². The molecule has 26 heavy (non-hydrogen) atoms. The van der Waals surface area contributed by atoms with Crippen LogP contribution in [0.25, 0.3) is 0 Å². The zero-order chi connectivity index (χ0) is 18.9. The van der Waals surface area contributed by atoms with E-state index in [2.05, 4.69) is 5.32 Å². The summed E-state index contributed by atoms with van der Waals surface area (Å²) in [5, 5.41) is 2.32. The highest BCUT2D eigenvalue weighted by Crippen LogP contribution is 2.42. The summed E-state index contributed by atoms with van der Waals surface area (Å²) in [4.78, 5) is 26.7. The van der Waals surface area contributed by atoms with E-state index in [1.807, 2.05) is 4.98 Å². The van der Waals surface area contributed by atoms with Crippen molar-refractivity contribution in [2.45, 2.75) is 37.3 Å². The van der Waals surface area contributed by atoms with Crippen LogP contribution in [0.4, 0.5) is 23.2 Å². The van der Waals surface area contributed by atoms with Crippen LogP contribution in [0.15, 0.2) is 41.3 Å². The molecular weight excluding hydrogens is 352 g/mol. The fourth-order valence-corrected chi connectivity index (χ4v) is 3.39. The lowest BCUT2D eigenvalue weighted by atomic mass is 9.78. The van der Waals surface area contributed by atoms with Crippen molar-refractivity contribution in [1.29, 1.82) is 0 Å². The fraction of sp³-hybridized carbons (Fsp3) is 0.333. The van der Waals surface area contributed by atoms with Gasteiger partial charge in [0.05, 0.1) is 11.0 Å². The van der Waals surface area contributed by atoms with Gasteiger partial charge in [-0.2, -0.15) is 13.2 Å². The Kier molecular flexibility index (Phi) is 4.60. The molecule has 3 rings (SSSR count). The van der Waals surface area contributed by atoms with Gasteiger partial charge in [-0.25, -0.2) is 4.39 Å². The van der Waals surface area contributed by atoms with Crippen LogP contribution >= 0.6 is 0 Å². The highest BCUT2D eigenvalue weighted by Gasteiger charge is 2.43. The van der Waals surface area contributed by atoms with Crippen LogP contribution in [-0.4, -0.2) is 10.9 Å². The Hall–Kier alpha value is -2.64. The molecule has 1 aliphatic carbocycles. The van der Waals surface area contributed by atoms with Gasteiger partial charge in [0.1, 0.15) is 11.5 Å². The van der Waals surface area contributed by atoms with E-state index in [0.717, 1.165) is 12.8 Å². The molecule has 1 fully saturated rings. The van der Waals surface area contributed by atoms with E-state index in [0.29, 0.717) is 30.7 Å². The molecule has 0 radical (unpaired) electrons. The molecule has 0 aliphatic heterocycles. The van der Waals surface area contributed by atoms with E-state index in [1.54, 1.807) is 6.07 Å². The van der Waals surface area contributed by atoms with Gasteiger partial charge < -0.3 is 10.3 Å². The average Bonchev–Trinajstić information content (AvgIpc) is 3.07. The number of hydrogen-bond acceptors (Lipinski definition) is 2. The minimum atomic E-state index is -4.66. The largest absolute Gasteiger partial charge is 0.417 e. The lowest BCUT2D eigenvalue weighted by Crippen LogP contribution is -2.39. The first-order valence-electron chi connectivity index (χ1n) is 8.10. The van der Waals surface area contributed by atoms with Crippen LogP contribution in [-0.2, 0) is 16.4 Å². The second-order valence-electron chi connectivity index (χ2n) is 6.38. The molecule has 0 bridgehead atoms.